The van der Waals surface area contributed by atoms with E-state index in [1.807, 2.05) is 0 Å². The molecular weight excluding hydrogens is 288 g/mol. The lowest BCUT2D eigenvalue weighted by molar-refractivity contribution is -0.144. The number of urea groups is 1. The Hall–Kier alpha value is -2.77. The zero-order chi connectivity index (χ0) is 16.1. The van der Waals surface area contributed by atoms with Crippen LogP contribution in [0.1, 0.15) is 13.8 Å². The number of hydrogen-bond acceptors (Lipinski definition) is 6. The highest BCUT2D eigenvalue weighted by Crippen LogP contribution is 2.22. The molecule has 1 atom stereocenters. The predicted molar refractivity (Wildman–Crippen MR) is 77.9 cm³/mol. The predicted octanol–water partition coefficient (Wildman–Crippen LogP) is 1.78. The number of azo groups is 1. The molecule has 1 fully saturated rings. The van der Waals surface area contributed by atoms with Gasteiger partial charge in [-0.15, -0.1) is 0 Å². The number of nitrogens with zero attached hydrogens (tertiary/aromatic N) is 3. The van der Waals surface area contributed by atoms with Gasteiger partial charge in [-0.2, -0.15) is 10.2 Å². The normalized spacial score (nSPS) is 16.0. The fourth-order valence-corrected chi connectivity index (χ4v) is 1.82. The van der Waals surface area contributed by atoms with Crippen molar-refractivity contribution in [2.45, 2.75) is 19.9 Å². The summed E-state index contributed by atoms with van der Waals surface area (Å²) >= 11 is 0. The average Bonchev–Trinajstić information content (AvgIpc) is 2.85. The molecule has 1 heterocycles. The minimum atomic E-state index is -0.689. The molecule has 3 amide bonds. The number of hydrogen-bond donors (Lipinski definition) is 1. The van der Waals surface area contributed by atoms with Crippen molar-refractivity contribution in [3.8, 4) is 0 Å². The van der Waals surface area contributed by atoms with Gasteiger partial charge < -0.3 is 10.1 Å². The zero-order valence-electron chi connectivity index (χ0n) is 12.3. The second kappa shape index (κ2) is 6.79. The van der Waals surface area contributed by atoms with Crippen molar-refractivity contribution in [2.24, 2.45) is 10.2 Å². The first kappa shape index (κ1) is 15.6. The SMILES string of the molecule is CCOC(=O)C(C)N=Nc1ccc(N2C(=O)CNC2=O)cc1. The highest BCUT2D eigenvalue weighted by atomic mass is 16.5. The summed E-state index contributed by atoms with van der Waals surface area (Å²) in [7, 11) is 0. The van der Waals surface area contributed by atoms with Gasteiger partial charge in [-0.05, 0) is 38.1 Å². The molecule has 1 aliphatic heterocycles. The average molecular weight is 304 g/mol. The van der Waals surface area contributed by atoms with Gasteiger partial charge in [0.2, 0.25) is 0 Å². The van der Waals surface area contributed by atoms with Crippen LogP contribution in [0, 0.1) is 0 Å². The van der Waals surface area contributed by atoms with Gasteiger partial charge in [0, 0.05) is 0 Å². The van der Waals surface area contributed by atoms with Crippen molar-refractivity contribution in [3.05, 3.63) is 24.3 Å². The smallest absolute Gasteiger partial charge is 0.332 e. The van der Waals surface area contributed by atoms with E-state index in [1.165, 1.54) is 0 Å². The molecule has 0 spiro atoms. The number of imide groups is 1. The summed E-state index contributed by atoms with van der Waals surface area (Å²) in [6, 6.07) is 5.25. The third-order valence-electron chi connectivity index (χ3n) is 2.93. The van der Waals surface area contributed by atoms with Crippen LogP contribution in [0.3, 0.4) is 0 Å². The van der Waals surface area contributed by atoms with E-state index in [1.54, 1.807) is 38.1 Å². The molecule has 1 saturated heterocycles. The largest absolute Gasteiger partial charge is 0.464 e. The lowest BCUT2D eigenvalue weighted by atomic mass is 10.2. The zero-order valence-corrected chi connectivity index (χ0v) is 12.3. The van der Waals surface area contributed by atoms with Crippen LogP contribution < -0.4 is 10.2 Å². The summed E-state index contributed by atoms with van der Waals surface area (Å²) in [6.07, 6.45) is 0. The van der Waals surface area contributed by atoms with E-state index in [-0.39, 0.29) is 12.5 Å². The molecule has 1 unspecified atom stereocenters. The number of nitrogens with one attached hydrogen (secondary N) is 1. The maximum absolute atomic E-state index is 11.6. The molecule has 2 rings (SSSR count). The van der Waals surface area contributed by atoms with Gasteiger partial charge in [-0.3, -0.25) is 4.79 Å². The van der Waals surface area contributed by atoms with E-state index < -0.39 is 18.0 Å². The summed E-state index contributed by atoms with van der Waals surface area (Å²) in [5.74, 6) is -0.752. The first-order valence-corrected chi connectivity index (χ1v) is 6.81. The van der Waals surface area contributed by atoms with Crippen molar-refractivity contribution >= 4 is 29.3 Å². The minimum Gasteiger partial charge on any atom is -0.464 e. The first-order chi connectivity index (χ1) is 10.5. The number of carbonyl (C=O) groups excluding carboxylic acids is 3. The van der Waals surface area contributed by atoms with Gasteiger partial charge >= 0.3 is 12.0 Å². The molecule has 0 radical (unpaired) electrons. The molecule has 8 nitrogen and oxygen atoms in total. The topological polar surface area (TPSA) is 100 Å². The van der Waals surface area contributed by atoms with Crippen molar-refractivity contribution in [3.63, 3.8) is 0 Å². The van der Waals surface area contributed by atoms with Gasteiger partial charge in [-0.1, -0.05) is 0 Å². The Morgan fingerprint density at radius 1 is 1.36 bits per heavy atom. The molecule has 1 aromatic rings. The van der Waals surface area contributed by atoms with E-state index in [9.17, 15) is 14.4 Å². The Morgan fingerprint density at radius 3 is 2.59 bits per heavy atom. The van der Waals surface area contributed by atoms with Crippen LogP contribution in [0.2, 0.25) is 0 Å². The lowest BCUT2D eigenvalue weighted by Crippen LogP contribution is -2.30. The third-order valence-corrected chi connectivity index (χ3v) is 2.93. The van der Waals surface area contributed by atoms with Crippen LogP contribution in [0.5, 0.6) is 0 Å². The molecule has 0 aromatic heterocycles. The number of carbonyl (C=O) groups is 3. The molecule has 0 saturated carbocycles. The Labute approximate surface area is 127 Å². The second-order valence-corrected chi connectivity index (χ2v) is 4.55. The van der Waals surface area contributed by atoms with Crippen LogP contribution in [-0.4, -0.2) is 37.1 Å². The van der Waals surface area contributed by atoms with Crippen LogP contribution in [0.4, 0.5) is 16.2 Å². The van der Waals surface area contributed by atoms with Crippen molar-refractivity contribution < 1.29 is 19.1 Å². The Bertz CT molecular complexity index is 596. The van der Waals surface area contributed by atoms with E-state index in [2.05, 4.69) is 15.5 Å². The summed E-state index contributed by atoms with van der Waals surface area (Å²) in [4.78, 5) is 35.6. The van der Waals surface area contributed by atoms with Crippen molar-refractivity contribution in [1.29, 1.82) is 0 Å². The molecular formula is C14H16N4O4. The summed E-state index contributed by atoms with van der Waals surface area (Å²) in [5.41, 5.74) is 0.962. The van der Waals surface area contributed by atoms with Gasteiger partial charge in [0.25, 0.3) is 5.91 Å². The summed E-state index contributed by atoms with van der Waals surface area (Å²) < 4.78 is 4.82. The Morgan fingerprint density at radius 2 is 2.05 bits per heavy atom. The van der Waals surface area contributed by atoms with Crippen LogP contribution in [0.15, 0.2) is 34.5 Å². The molecule has 1 aromatic carbocycles. The van der Waals surface area contributed by atoms with Crippen LogP contribution in [0.25, 0.3) is 0 Å². The summed E-state index contributed by atoms with van der Waals surface area (Å²) in [5, 5.41) is 10.2. The summed E-state index contributed by atoms with van der Waals surface area (Å²) in [6.45, 7) is 3.59. The van der Waals surface area contributed by atoms with E-state index in [0.29, 0.717) is 18.0 Å². The fourth-order valence-electron chi connectivity index (χ4n) is 1.82. The number of anilines is 1. The van der Waals surface area contributed by atoms with Gasteiger partial charge in [0.05, 0.1) is 24.5 Å². The monoisotopic (exact) mass is 304 g/mol. The van der Waals surface area contributed by atoms with E-state index >= 15 is 0 Å². The quantitative estimate of drug-likeness (QED) is 0.509. The highest BCUT2D eigenvalue weighted by Gasteiger charge is 2.29. The Kier molecular flexibility index (Phi) is 4.82. The number of benzene rings is 1. The van der Waals surface area contributed by atoms with E-state index in [4.69, 9.17) is 4.74 Å². The van der Waals surface area contributed by atoms with Gasteiger partial charge in [-0.25, -0.2) is 14.5 Å². The molecule has 1 aliphatic rings. The molecule has 1 N–H and O–H groups in total. The van der Waals surface area contributed by atoms with Crippen LogP contribution in [-0.2, 0) is 14.3 Å². The molecule has 0 bridgehead atoms. The third kappa shape index (κ3) is 3.46. The van der Waals surface area contributed by atoms with Crippen LogP contribution >= 0.6 is 0 Å². The molecule has 8 heteroatoms. The number of esters is 1. The maximum Gasteiger partial charge on any atom is 0.332 e. The lowest BCUT2D eigenvalue weighted by Gasteiger charge is -2.11. The van der Waals surface area contributed by atoms with Crippen molar-refractivity contribution in [2.75, 3.05) is 18.1 Å². The minimum absolute atomic E-state index is 0.00263. The molecule has 22 heavy (non-hydrogen) atoms. The number of ether oxygens (including phenoxy) is 1. The standard InChI is InChI=1S/C14H16N4O4/c1-3-22-13(20)9(2)16-17-10-4-6-11(7-5-10)18-12(19)8-15-14(18)21/h4-7,9H,3,8H2,1-2H3,(H,15,21). The fraction of sp³-hybridized carbons (Fsp3) is 0.357. The number of rotatable bonds is 5. The van der Waals surface area contributed by atoms with E-state index in [0.717, 1.165) is 4.90 Å². The second-order valence-electron chi connectivity index (χ2n) is 4.55. The first-order valence-electron chi connectivity index (χ1n) is 6.81. The van der Waals surface area contributed by atoms with Crippen molar-refractivity contribution in [1.82, 2.24) is 5.32 Å². The Balaban J connectivity index is 2.04. The number of amides is 3. The molecule has 116 valence electrons. The maximum atomic E-state index is 11.6. The van der Waals surface area contributed by atoms with Gasteiger partial charge in [0.1, 0.15) is 0 Å². The highest BCUT2D eigenvalue weighted by molar-refractivity contribution is 6.19. The van der Waals surface area contributed by atoms with Gasteiger partial charge in [0.15, 0.2) is 6.04 Å². The molecule has 0 aliphatic carbocycles.